The Bertz CT molecular complexity index is 1830. The second kappa shape index (κ2) is 7.73. The van der Waals surface area contributed by atoms with E-state index in [9.17, 15) is 0 Å². The summed E-state index contributed by atoms with van der Waals surface area (Å²) in [6.45, 7) is 0. The molecule has 2 heterocycles. The Hall–Kier alpha value is -3.60. The standard InChI is InChI=1S/C30H18BrNOS/c31-19-16-25-22-10-4-6-12-27(22)33-30(25)26(17-19)32(20-8-2-1-3-9-20)21-14-15-29-24(18-21)23-11-5-7-13-28(23)34-29/h1-18H. The normalized spacial score (nSPS) is 11.7. The summed E-state index contributed by atoms with van der Waals surface area (Å²) in [5, 5.41) is 4.78. The van der Waals surface area contributed by atoms with Crippen LogP contribution >= 0.6 is 27.3 Å². The van der Waals surface area contributed by atoms with E-state index in [2.05, 4.69) is 118 Å². The van der Waals surface area contributed by atoms with Crippen molar-refractivity contribution in [2.24, 2.45) is 0 Å². The van der Waals surface area contributed by atoms with E-state index in [1.165, 1.54) is 20.2 Å². The second-order valence-corrected chi connectivity index (χ2v) is 10.3. The SMILES string of the molecule is Brc1cc(N(c2ccccc2)c2ccc3sc4ccccc4c3c2)c2oc3ccccc3c2c1. The Morgan fingerprint density at radius 3 is 2.21 bits per heavy atom. The third-order valence-electron chi connectivity index (χ3n) is 6.30. The van der Waals surface area contributed by atoms with Crippen LogP contribution < -0.4 is 4.90 Å². The van der Waals surface area contributed by atoms with Crippen LogP contribution in [0.25, 0.3) is 42.1 Å². The topological polar surface area (TPSA) is 16.4 Å². The van der Waals surface area contributed by atoms with Gasteiger partial charge in [-0.3, -0.25) is 0 Å². The molecule has 7 aromatic rings. The first-order valence-corrected chi connectivity index (χ1v) is 12.7. The molecule has 4 heteroatoms. The Morgan fingerprint density at radius 1 is 0.588 bits per heavy atom. The molecular weight excluding hydrogens is 502 g/mol. The number of nitrogens with zero attached hydrogens (tertiary/aromatic N) is 1. The van der Waals surface area contributed by atoms with Crippen LogP contribution in [0.1, 0.15) is 0 Å². The quantitative estimate of drug-likeness (QED) is 0.230. The molecule has 0 aliphatic heterocycles. The Balaban J connectivity index is 1.55. The first kappa shape index (κ1) is 19.8. The van der Waals surface area contributed by atoms with Crippen LogP contribution in [-0.4, -0.2) is 0 Å². The number of fused-ring (bicyclic) bond motifs is 6. The zero-order valence-electron chi connectivity index (χ0n) is 18.0. The van der Waals surface area contributed by atoms with Crippen LogP contribution in [0.5, 0.6) is 0 Å². The molecule has 0 radical (unpaired) electrons. The summed E-state index contributed by atoms with van der Waals surface area (Å²) in [7, 11) is 0. The molecule has 162 valence electrons. The summed E-state index contributed by atoms with van der Waals surface area (Å²) in [5.74, 6) is 0. The van der Waals surface area contributed by atoms with Gasteiger partial charge in [0.2, 0.25) is 0 Å². The third-order valence-corrected chi connectivity index (χ3v) is 7.91. The maximum absolute atomic E-state index is 6.44. The average molecular weight is 520 g/mol. The molecule has 0 atom stereocenters. The van der Waals surface area contributed by atoms with Gasteiger partial charge in [-0.2, -0.15) is 0 Å². The number of halogens is 1. The summed E-state index contributed by atoms with van der Waals surface area (Å²) in [4.78, 5) is 2.29. The third kappa shape index (κ3) is 3.07. The molecule has 34 heavy (non-hydrogen) atoms. The molecule has 0 spiro atoms. The molecule has 0 aliphatic rings. The molecular formula is C30H18BrNOS. The lowest BCUT2D eigenvalue weighted by molar-refractivity contribution is 0.669. The predicted octanol–water partition coefficient (Wildman–Crippen LogP) is 10.2. The number of anilines is 3. The molecule has 0 saturated carbocycles. The van der Waals surface area contributed by atoms with Crippen LogP contribution in [0.15, 0.2) is 118 Å². The van der Waals surface area contributed by atoms with Crippen LogP contribution in [-0.2, 0) is 0 Å². The minimum absolute atomic E-state index is 0.878. The minimum Gasteiger partial charge on any atom is -0.454 e. The zero-order chi connectivity index (χ0) is 22.6. The van der Waals surface area contributed by atoms with Crippen molar-refractivity contribution >= 4 is 86.4 Å². The summed E-state index contributed by atoms with van der Waals surface area (Å²) < 4.78 is 10.1. The molecule has 7 rings (SSSR count). The van der Waals surface area contributed by atoms with Gasteiger partial charge in [0.1, 0.15) is 5.58 Å². The van der Waals surface area contributed by atoms with Gasteiger partial charge in [0, 0.05) is 46.8 Å². The van der Waals surface area contributed by atoms with Crippen molar-refractivity contribution in [1.82, 2.24) is 0 Å². The van der Waals surface area contributed by atoms with Crippen molar-refractivity contribution in [3.05, 3.63) is 114 Å². The molecule has 2 aromatic heterocycles. The van der Waals surface area contributed by atoms with Crippen molar-refractivity contribution in [1.29, 1.82) is 0 Å². The fourth-order valence-corrected chi connectivity index (χ4v) is 6.33. The van der Waals surface area contributed by atoms with E-state index in [1.807, 2.05) is 23.5 Å². The van der Waals surface area contributed by atoms with Gasteiger partial charge in [-0.1, -0.05) is 70.5 Å². The fraction of sp³-hybridized carbons (Fsp3) is 0. The highest BCUT2D eigenvalue weighted by Crippen LogP contribution is 2.45. The van der Waals surface area contributed by atoms with Crippen LogP contribution in [0.3, 0.4) is 0 Å². The number of benzene rings is 5. The molecule has 0 N–H and O–H groups in total. The second-order valence-electron chi connectivity index (χ2n) is 8.35. The predicted molar refractivity (Wildman–Crippen MR) is 149 cm³/mol. The summed E-state index contributed by atoms with van der Waals surface area (Å²) in [6, 6.07) is 38.4. The van der Waals surface area contributed by atoms with E-state index in [0.717, 1.165) is 43.5 Å². The maximum atomic E-state index is 6.44. The lowest BCUT2D eigenvalue weighted by Crippen LogP contribution is -2.10. The molecule has 5 aromatic carbocycles. The van der Waals surface area contributed by atoms with Crippen LogP contribution in [0.2, 0.25) is 0 Å². The van der Waals surface area contributed by atoms with Gasteiger partial charge in [-0.25, -0.2) is 0 Å². The molecule has 0 aliphatic carbocycles. The van der Waals surface area contributed by atoms with Gasteiger partial charge < -0.3 is 9.32 Å². The van der Waals surface area contributed by atoms with Crippen molar-refractivity contribution < 1.29 is 4.42 Å². The van der Waals surface area contributed by atoms with Crippen molar-refractivity contribution in [2.75, 3.05) is 4.90 Å². The van der Waals surface area contributed by atoms with E-state index in [0.29, 0.717) is 0 Å². The molecule has 0 bridgehead atoms. The fourth-order valence-electron chi connectivity index (χ4n) is 4.80. The van der Waals surface area contributed by atoms with Crippen molar-refractivity contribution in [3.63, 3.8) is 0 Å². The number of hydrogen-bond donors (Lipinski definition) is 0. The molecule has 0 unspecified atom stereocenters. The first-order valence-electron chi connectivity index (χ1n) is 11.1. The van der Waals surface area contributed by atoms with Crippen molar-refractivity contribution in [2.45, 2.75) is 0 Å². The lowest BCUT2D eigenvalue weighted by Gasteiger charge is -2.26. The van der Waals surface area contributed by atoms with E-state index >= 15 is 0 Å². The summed E-state index contributed by atoms with van der Waals surface area (Å²) in [6.07, 6.45) is 0. The Morgan fingerprint density at radius 2 is 1.32 bits per heavy atom. The van der Waals surface area contributed by atoms with Crippen molar-refractivity contribution in [3.8, 4) is 0 Å². The molecule has 2 nitrogen and oxygen atoms in total. The van der Waals surface area contributed by atoms with E-state index < -0.39 is 0 Å². The minimum atomic E-state index is 0.878. The Labute approximate surface area is 208 Å². The first-order chi connectivity index (χ1) is 16.8. The molecule has 0 fully saturated rings. The average Bonchev–Trinajstić information content (AvgIpc) is 3.43. The number of furan rings is 1. The van der Waals surface area contributed by atoms with Gasteiger partial charge in [0.15, 0.2) is 5.58 Å². The largest absolute Gasteiger partial charge is 0.454 e. The number of thiophene rings is 1. The van der Waals surface area contributed by atoms with E-state index in [4.69, 9.17) is 4.42 Å². The van der Waals surface area contributed by atoms with E-state index in [-0.39, 0.29) is 0 Å². The maximum Gasteiger partial charge on any atom is 0.159 e. The van der Waals surface area contributed by atoms with Gasteiger partial charge in [0.25, 0.3) is 0 Å². The number of hydrogen-bond acceptors (Lipinski definition) is 3. The molecule has 0 amide bonds. The summed E-state index contributed by atoms with van der Waals surface area (Å²) in [5.41, 5.74) is 4.96. The van der Waals surface area contributed by atoms with Gasteiger partial charge in [-0.05, 0) is 54.6 Å². The highest BCUT2D eigenvalue weighted by molar-refractivity contribution is 9.10. The van der Waals surface area contributed by atoms with Gasteiger partial charge in [0.05, 0.1) is 5.69 Å². The van der Waals surface area contributed by atoms with Crippen LogP contribution in [0.4, 0.5) is 17.1 Å². The highest BCUT2D eigenvalue weighted by atomic mass is 79.9. The smallest absolute Gasteiger partial charge is 0.159 e. The monoisotopic (exact) mass is 519 g/mol. The lowest BCUT2D eigenvalue weighted by atomic mass is 10.1. The summed E-state index contributed by atoms with van der Waals surface area (Å²) >= 11 is 5.60. The highest BCUT2D eigenvalue weighted by Gasteiger charge is 2.21. The van der Waals surface area contributed by atoms with Crippen LogP contribution in [0, 0.1) is 0 Å². The molecule has 0 saturated heterocycles. The number of para-hydroxylation sites is 2. The number of rotatable bonds is 3. The van der Waals surface area contributed by atoms with Gasteiger partial charge in [-0.15, -0.1) is 11.3 Å². The zero-order valence-corrected chi connectivity index (χ0v) is 20.4. The van der Waals surface area contributed by atoms with Gasteiger partial charge >= 0.3 is 0 Å². The Kier molecular flexibility index (Phi) is 4.51. The van der Waals surface area contributed by atoms with E-state index in [1.54, 1.807) is 0 Å².